The molecule has 1 N–H and O–H groups in total. The third-order valence-electron chi connectivity index (χ3n) is 2.83. The summed E-state index contributed by atoms with van der Waals surface area (Å²) in [5, 5.41) is 7.78. The van der Waals surface area contributed by atoms with Crippen molar-refractivity contribution in [1.82, 2.24) is 25.1 Å². The molecule has 0 spiro atoms. The monoisotopic (exact) mass is 229 g/mol. The molecule has 17 heavy (non-hydrogen) atoms. The Morgan fingerprint density at radius 1 is 1.41 bits per heavy atom. The van der Waals surface area contributed by atoms with Crippen LogP contribution >= 0.6 is 0 Å². The van der Waals surface area contributed by atoms with E-state index in [2.05, 4.69) is 20.4 Å². The molecule has 3 rings (SSSR count). The standard InChI is InChI=1S/C12H15N5/c1-9-4-12(15-8-14-9)17-7-10(6-16-17)5-13-11-2-3-11/h4,6-8,11,13H,2-3,5H2,1H3. The van der Waals surface area contributed by atoms with Crippen LogP contribution in [0.25, 0.3) is 5.82 Å². The highest BCUT2D eigenvalue weighted by Crippen LogP contribution is 2.19. The molecule has 0 amide bonds. The van der Waals surface area contributed by atoms with Gasteiger partial charge in [-0.1, -0.05) is 0 Å². The molecule has 0 radical (unpaired) electrons. The van der Waals surface area contributed by atoms with E-state index in [-0.39, 0.29) is 0 Å². The average molecular weight is 229 g/mol. The lowest BCUT2D eigenvalue weighted by molar-refractivity contribution is 0.687. The minimum atomic E-state index is 0.722. The van der Waals surface area contributed by atoms with Crippen molar-refractivity contribution < 1.29 is 0 Å². The van der Waals surface area contributed by atoms with E-state index in [0.717, 1.165) is 24.1 Å². The Hall–Kier alpha value is -1.75. The molecular weight excluding hydrogens is 214 g/mol. The largest absolute Gasteiger partial charge is 0.310 e. The third kappa shape index (κ3) is 2.50. The molecule has 5 heteroatoms. The summed E-state index contributed by atoms with van der Waals surface area (Å²) in [6, 6.07) is 2.64. The maximum atomic E-state index is 4.31. The highest BCUT2D eigenvalue weighted by molar-refractivity contribution is 5.23. The van der Waals surface area contributed by atoms with E-state index in [1.807, 2.05) is 25.4 Å². The maximum Gasteiger partial charge on any atom is 0.156 e. The van der Waals surface area contributed by atoms with Gasteiger partial charge in [-0.05, 0) is 19.8 Å². The van der Waals surface area contributed by atoms with Crippen molar-refractivity contribution in [3.05, 3.63) is 36.0 Å². The Morgan fingerprint density at radius 2 is 2.29 bits per heavy atom. The van der Waals surface area contributed by atoms with Crippen molar-refractivity contribution in [2.24, 2.45) is 0 Å². The highest BCUT2D eigenvalue weighted by Gasteiger charge is 2.20. The van der Waals surface area contributed by atoms with Crippen molar-refractivity contribution in [2.45, 2.75) is 32.4 Å². The molecule has 2 aromatic heterocycles. The Bertz CT molecular complexity index is 515. The van der Waals surface area contributed by atoms with E-state index in [9.17, 15) is 0 Å². The van der Waals surface area contributed by atoms with Crippen molar-refractivity contribution in [3.63, 3.8) is 0 Å². The van der Waals surface area contributed by atoms with Gasteiger partial charge in [-0.3, -0.25) is 0 Å². The van der Waals surface area contributed by atoms with Crippen LogP contribution in [0.5, 0.6) is 0 Å². The van der Waals surface area contributed by atoms with Crippen LogP contribution in [0, 0.1) is 6.92 Å². The predicted molar refractivity (Wildman–Crippen MR) is 63.8 cm³/mol. The van der Waals surface area contributed by atoms with E-state index in [1.165, 1.54) is 18.4 Å². The fourth-order valence-corrected chi connectivity index (χ4v) is 1.69. The molecule has 0 saturated heterocycles. The quantitative estimate of drug-likeness (QED) is 0.856. The zero-order valence-corrected chi connectivity index (χ0v) is 9.80. The summed E-state index contributed by atoms with van der Waals surface area (Å²) >= 11 is 0. The second-order valence-electron chi connectivity index (χ2n) is 4.47. The summed E-state index contributed by atoms with van der Waals surface area (Å²) in [4.78, 5) is 8.28. The fraction of sp³-hybridized carbons (Fsp3) is 0.417. The Balaban J connectivity index is 1.74. The molecule has 1 aliphatic carbocycles. The molecule has 0 unspecified atom stereocenters. The van der Waals surface area contributed by atoms with Crippen LogP contribution in [-0.4, -0.2) is 25.8 Å². The van der Waals surface area contributed by atoms with E-state index >= 15 is 0 Å². The Morgan fingerprint density at radius 3 is 3.06 bits per heavy atom. The predicted octanol–water partition coefficient (Wildman–Crippen LogP) is 1.22. The molecule has 1 fully saturated rings. The van der Waals surface area contributed by atoms with Gasteiger partial charge in [0.25, 0.3) is 0 Å². The molecule has 0 aliphatic heterocycles. The van der Waals surface area contributed by atoms with E-state index in [1.54, 1.807) is 11.0 Å². The first-order chi connectivity index (χ1) is 8.31. The number of rotatable bonds is 4. The molecule has 2 heterocycles. The first kappa shape index (κ1) is 10.4. The number of aryl methyl sites for hydroxylation is 1. The van der Waals surface area contributed by atoms with Crippen molar-refractivity contribution >= 4 is 0 Å². The summed E-state index contributed by atoms with van der Waals surface area (Å²) in [5.41, 5.74) is 2.14. The third-order valence-corrected chi connectivity index (χ3v) is 2.83. The lowest BCUT2D eigenvalue weighted by atomic mass is 10.3. The van der Waals surface area contributed by atoms with Crippen LogP contribution in [-0.2, 0) is 6.54 Å². The van der Waals surface area contributed by atoms with E-state index in [0.29, 0.717) is 0 Å². The van der Waals surface area contributed by atoms with E-state index < -0.39 is 0 Å². The lowest BCUT2D eigenvalue weighted by Gasteiger charge is -2.00. The second-order valence-corrected chi connectivity index (χ2v) is 4.47. The summed E-state index contributed by atoms with van der Waals surface area (Å²) in [6.45, 7) is 2.83. The van der Waals surface area contributed by atoms with Crippen molar-refractivity contribution in [2.75, 3.05) is 0 Å². The number of nitrogens with zero attached hydrogens (tertiary/aromatic N) is 4. The molecule has 88 valence electrons. The summed E-state index contributed by atoms with van der Waals surface area (Å²) < 4.78 is 1.79. The van der Waals surface area contributed by atoms with Gasteiger partial charge >= 0.3 is 0 Å². The lowest BCUT2D eigenvalue weighted by Crippen LogP contribution is -2.14. The van der Waals surface area contributed by atoms with Gasteiger partial charge in [-0.2, -0.15) is 5.10 Å². The van der Waals surface area contributed by atoms with Gasteiger partial charge in [-0.25, -0.2) is 14.6 Å². The molecule has 0 bridgehead atoms. The first-order valence-corrected chi connectivity index (χ1v) is 5.87. The number of hydrogen-bond donors (Lipinski definition) is 1. The molecule has 0 atom stereocenters. The van der Waals surface area contributed by atoms with Crippen LogP contribution < -0.4 is 5.32 Å². The van der Waals surface area contributed by atoms with Crippen molar-refractivity contribution in [3.8, 4) is 5.82 Å². The van der Waals surface area contributed by atoms with Gasteiger partial charge in [0, 0.05) is 36.1 Å². The van der Waals surface area contributed by atoms with Crippen LogP contribution in [0.4, 0.5) is 0 Å². The van der Waals surface area contributed by atoms with Gasteiger partial charge < -0.3 is 5.32 Å². The fourth-order valence-electron chi connectivity index (χ4n) is 1.69. The van der Waals surface area contributed by atoms with Gasteiger partial charge in [0.15, 0.2) is 5.82 Å². The number of nitrogens with one attached hydrogen (secondary N) is 1. The highest BCUT2D eigenvalue weighted by atomic mass is 15.3. The molecule has 1 saturated carbocycles. The second kappa shape index (κ2) is 4.25. The SMILES string of the molecule is Cc1cc(-n2cc(CNC3CC3)cn2)ncn1. The average Bonchev–Trinajstić information content (AvgIpc) is 3.04. The molecule has 0 aromatic carbocycles. The van der Waals surface area contributed by atoms with Crippen LogP contribution in [0.2, 0.25) is 0 Å². The summed E-state index contributed by atoms with van der Waals surface area (Å²) in [6.07, 6.45) is 8.07. The zero-order valence-electron chi connectivity index (χ0n) is 9.80. The topological polar surface area (TPSA) is 55.6 Å². The Labute approximate surface area is 99.9 Å². The van der Waals surface area contributed by atoms with Gasteiger partial charge in [-0.15, -0.1) is 0 Å². The van der Waals surface area contributed by atoms with Gasteiger partial charge in [0.2, 0.25) is 0 Å². The molecular formula is C12H15N5. The minimum Gasteiger partial charge on any atom is -0.310 e. The Kier molecular flexibility index (Phi) is 2.60. The van der Waals surface area contributed by atoms with Gasteiger partial charge in [0.05, 0.1) is 6.20 Å². The zero-order chi connectivity index (χ0) is 11.7. The minimum absolute atomic E-state index is 0.722. The number of aromatic nitrogens is 4. The molecule has 5 nitrogen and oxygen atoms in total. The summed E-state index contributed by atoms with van der Waals surface area (Å²) in [7, 11) is 0. The van der Waals surface area contributed by atoms with Gasteiger partial charge in [0.1, 0.15) is 6.33 Å². The normalized spacial score (nSPS) is 15.1. The van der Waals surface area contributed by atoms with Crippen LogP contribution in [0.1, 0.15) is 24.1 Å². The smallest absolute Gasteiger partial charge is 0.156 e. The first-order valence-electron chi connectivity index (χ1n) is 5.87. The molecule has 1 aliphatic rings. The molecule has 2 aromatic rings. The summed E-state index contributed by atoms with van der Waals surface area (Å²) in [5.74, 6) is 0.815. The maximum absolute atomic E-state index is 4.31. The van der Waals surface area contributed by atoms with E-state index in [4.69, 9.17) is 0 Å². The number of hydrogen-bond acceptors (Lipinski definition) is 4. The van der Waals surface area contributed by atoms with Crippen LogP contribution in [0.3, 0.4) is 0 Å². The van der Waals surface area contributed by atoms with Crippen molar-refractivity contribution in [1.29, 1.82) is 0 Å². The van der Waals surface area contributed by atoms with Crippen LogP contribution in [0.15, 0.2) is 24.8 Å².